The van der Waals surface area contributed by atoms with Crippen LogP contribution in [0, 0.1) is 0 Å². The number of carbonyl (C=O) groups excluding carboxylic acids is 2. The van der Waals surface area contributed by atoms with Gasteiger partial charge in [0.1, 0.15) is 18.1 Å². The van der Waals surface area contributed by atoms with Gasteiger partial charge in [-0.15, -0.1) is 0 Å². The molecule has 0 spiro atoms. The fraction of sp³-hybridized carbons (Fsp3) is 0.786. The first-order valence-electron chi connectivity index (χ1n) is 7.77. The second kappa shape index (κ2) is 10.9. The lowest BCUT2D eigenvalue weighted by Gasteiger charge is -2.25. The highest BCUT2D eigenvalue weighted by Crippen LogP contribution is 2.03. The molecule has 0 aromatic heterocycles. The van der Waals surface area contributed by atoms with Gasteiger partial charge in [-0.3, -0.25) is 9.59 Å². The molecule has 5 unspecified atom stereocenters. The highest BCUT2D eigenvalue weighted by atomic mass is 16.4. The van der Waals surface area contributed by atoms with Crippen molar-refractivity contribution < 1.29 is 29.7 Å². The summed E-state index contributed by atoms with van der Waals surface area (Å²) in [6.45, 7) is 2.98. The summed E-state index contributed by atoms with van der Waals surface area (Å²) in [6, 6.07) is -3.83. The normalized spacial score (nSPS) is 17.2. The van der Waals surface area contributed by atoms with E-state index in [9.17, 15) is 24.6 Å². The molecule has 10 heteroatoms. The number of aliphatic carboxylic acids is 1. The molecule has 0 radical (unpaired) electrons. The zero-order valence-corrected chi connectivity index (χ0v) is 13.9. The minimum atomic E-state index is -1.39. The van der Waals surface area contributed by atoms with Crippen molar-refractivity contribution in [3.05, 3.63) is 0 Å². The summed E-state index contributed by atoms with van der Waals surface area (Å²) >= 11 is 0. The summed E-state index contributed by atoms with van der Waals surface area (Å²) in [6.07, 6.45) is -1.14. The Balaban J connectivity index is 4.88. The molecule has 0 rings (SSSR count). The molecule has 9 N–H and O–H groups in total. The summed E-state index contributed by atoms with van der Waals surface area (Å²) in [4.78, 5) is 35.2. The van der Waals surface area contributed by atoms with Gasteiger partial charge < -0.3 is 37.4 Å². The van der Waals surface area contributed by atoms with Gasteiger partial charge in [-0.2, -0.15) is 0 Å². The number of hydrogen-bond donors (Lipinski definition) is 7. The number of aliphatic hydroxyl groups excluding tert-OH is 2. The summed E-state index contributed by atoms with van der Waals surface area (Å²) in [7, 11) is 0. The molecule has 0 fully saturated rings. The molecule has 24 heavy (non-hydrogen) atoms. The van der Waals surface area contributed by atoms with E-state index in [-0.39, 0.29) is 6.42 Å². The minimum Gasteiger partial charge on any atom is -0.480 e. The first kappa shape index (κ1) is 22.2. The Morgan fingerprint density at radius 1 is 1.00 bits per heavy atom. The van der Waals surface area contributed by atoms with Crippen molar-refractivity contribution in [2.75, 3.05) is 6.54 Å². The third-order valence-electron chi connectivity index (χ3n) is 3.45. The van der Waals surface area contributed by atoms with Crippen molar-refractivity contribution in [3.63, 3.8) is 0 Å². The average molecular weight is 348 g/mol. The number of hydrogen-bond acceptors (Lipinski definition) is 7. The van der Waals surface area contributed by atoms with E-state index in [2.05, 4.69) is 10.6 Å². The van der Waals surface area contributed by atoms with Gasteiger partial charge in [-0.25, -0.2) is 4.79 Å². The van der Waals surface area contributed by atoms with E-state index in [4.69, 9.17) is 16.6 Å². The molecule has 2 amide bonds. The van der Waals surface area contributed by atoms with Gasteiger partial charge >= 0.3 is 5.97 Å². The maximum atomic E-state index is 12.2. The number of carboxylic acids is 1. The first-order chi connectivity index (χ1) is 11.1. The van der Waals surface area contributed by atoms with E-state index in [0.717, 1.165) is 0 Å². The second-order valence-electron chi connectivity index (χ2n) is 5.68. The van der Waals surface area contributed by atoms with Crippen molar-refractivity contribution >= 4 is 17.8 Å². The van der Waals surface area contributed by atoms with Crippen LogP contribution in [0.5, 0.6) is 0 Å². The lowest BCUT2D eigenvalue weighted by Crippen LogP contribution is -2.59. The van der Waals surface area contributed by atoms with Gasteiger partial charge in [0.15, 0.2) is 0 Å². The Bertz CT molecular complexity index is 429. The molecule has 0 aliphatic heterocycles. The third-order valence-corrected chi connectivity index (χ3v) is 3.45. The van der Waals surface area contributed by atoms with E-state index in [1.807, 2.05) is 0 Å². The minimum absolute atomic E-state index is 0.173. The SMILES string of the molecule is CC(O)C(N)C(=O)NC(C(=O)NC(CCCCN)C(=O)O)C(C)O. The standard InChI is InChI=1S/C14H28N4O6/c1-7(19)10(16)12(21)18-11(8(2)20)13(22)17-9(14(23)24)5-3-4-6-15/h7-11,19-20H,3-6,15-16H2,1-2H3,(H,17,22)(H,18,21)(H,23,24). The molecule has 0 saturated heterocycles. The Hall–Kier alpha value is -1.75. The molecule has 0 heterocycles. The Morgan fingerprint density at radius 2 is 1.58 bits per heavy atom. The van der Waals surface area contributed by atoms with Gasteiger partial charge in [-0.05, 0) is 39.7 Å². The summed E-state index contributed by atoms with van der Waals surface area (Å²) in [5.74, 6) is -2.91. The number of carbonyl (C=O) groups is 3. The molecule has 0 aromatic rings. The van der Waals surface area contributed by atoms with Crippen LogP contribution in [0.4, 0.5) is 0 Å². The van der Waals surface area contributed by atoms with Crippen LogP contribution in [-0.2, 0) is 14.4 Å². The van der Waals surface area contributed by atoms with Crippen LogP contribution in [-0.4, -0.2) is 70.0 Å². The van der Waals surface area contributed by atoms with Gasteiger partial charge in [0.2, 0.25) is 11.8 Å². The zero-order chi connectivity index (χ0) is 18.9. The molecule has 5 atom stereocenters. The lowest BCUT2D eigenvalue weighted by atomic mass is 10.1. The summed E-state index contributed by atoms with van der Waals surface area (Å²) in [5.41, 5.74) is 10.8. The van der Waals surface area contributed by atoms with E-state index in [1.54, 1.807) is 0 Å². The molecular weight excluding hydrogens is 320 g/mol. The predicted octanol–water partition coefficient (Wildman–Crippen LogP) is -2.74. The molecule has 0 saturated carbocycles. The van der Waals surface area contributed by atoms with Crippen molar-refractivity contribution in [2.45, 2.75) is 63.4 Å². The number of rotatable bonds is 11. The van der Waals surface area contributed by atoms with Crippen molar-refractivity contribution in [1.82, 2.24) is 10.6 Å². The maximum absolute atomic E-state index is 12.2. The van der Waals surface area contributed by atoms with Gasteiger partial charge in [0.05, 0.1) is 12.2 Å². The van der Waals surface area contributed by atoms with Crippen LogP contribution < -0.4 is 22.1 Å². The van der Waals surface area contributed by atoms with Crippen molar-refractivity contribution in [1.29, 1.82) is 0 Å². The predicted molar refractivity (Wildman–Crippen MR) is 85.7 cm³/mol. The van der Waals surface area contributed by atoms with Gasteiger partial charge in [-0.1, -0.05) is 0 Å². The number of amides is 2. The van der Waals surface area contributed by atoms with Crippen LogP contribution in [0.2, 0.25) is 0 Å². The molecule has 0 aliphatic rings. The Kier molecular flexibility index (Phi) is 10.1. The number of aliphatic hydroxyl groups is 2. The van der Waals surface area contributed by atoms with Crippen LogP contribution in [0.1, 0.15) is 33.1 Å². The lowest BCUT2D eigenvalue weighted by molar-refractivity contribution is -0.143. The van der Waals surface area contributed by atoms with Gasteiger partial charge in [0, 0.05) is 0 Å². The van der Waals surface area contributed by atoms with Crippen LogP contribution in [0.25, 0.3) is 0 Å². The number of carboxylic acid groups (broad SMARTS) is 1. The van der Waals surface area contributed by atoms with Gasteiger partial charge in [0.25, 0.3) is 0 Å². The molecule has 10 nitrogen and oxygen atoms in total. The third kappa shape index (κ3) is 7.68. The Morgan fingerprint density at radius 3 is 2.00 bits per heavy atom. The Labute approximate surface area is 140 Å². The van der Waals surface area contributed by atoms with E-state index in [0.29, 0.717) is 19.4 Å². The number of nitrogens with two attached hydrogens (primary N) is 2. The highest BCUT2D eigenvalue weighted by molar-refractivity contribution is 5.92. The quantitative estimate of drug-likeness (QED) is 0.196. The smallest absolute Gasteiger partial charge is 0.326 e. The average Bonchev–Trinajstić information content (AvgIpc) is 2.49. The largest absolute Gasteiger partial charge is 0.480 e. The topological polar surface area (TPSA) is 188 Å². The molecular formula is C14H28N4O6. The van der Waals surface area contributed by atoms with E-state index in [1.165, 1.54) is 13.8 Å². The summed E-state index contributed by atoms with van der Waals surface area (Å²) in [5, 5.41) is 32.6. The van der Waals surface area contributed by atoms with E-state index < -0.39 is 48.1 Å². The van der Waals surface area contributed by atoms with E-state index >= 15 is 0 Å². The van der Waals surface area contributed by atoms with Crippen molar-refractivity contribution in [2.24, 2.45) is 11.5 Å². The van der Waals surface area contributed by atoms with Crippen LogP contribution in [0.15, 0.2) is 0 Å². The summed E-state index contributed by atoms with van der Waals surface area (Å²) < 4.78 is 0. The van der Waals surface area contributed by atoms with Crippen LogP contribution in [0.3, 0.4) is 0 Å². The molecule has 0 aromatic carbocycles. The molecule has 0 bridgehead atoms. The molecule has 140 valence electrons. The molecule has 0 aliphatic carbocycles. The highest BCUT2D eigenvalue weighted by Gasteiger charge is 2.31. The fourth-order valence-electron chi connectivity index (χ4n) is 1.89. The monoisotopic (exact) mass is 348 g/mol. The number of unbranched alkanes of at least 4 members (excludes halogenated alkanes) is 1. The maximum Gasteiger partial charge on any atom is 0.326 e. The number of nitrogens with one attached hydrogen (secondary N) is 2. The fourth-order valence-corrected chi connectivity index (χ4v) is 1.89. The second-order valence-corrected chi connectivity index (χ2v) is 5.68. The van der Waals surface area contributed by atoms with Crippen LogP contribution >= 0.6 is 0 Å². The zero-order valence-electron chi connectivity index (χ0n) is 13.9. The first-order valence-corrected chi connectivity index (χ1v) is 7.77. The van der Waals surface area contributed by atoms with Crippen molar-refractivity contribution in [3.8, 4) is 0 Å².